The lowest BCUT2D eigenvalue weighted by Crippen LogP contribution is -2.56. The van der Waals surface area contributed by atoms with E-state index >= 15 is 0 Å². The summed E-state index contributed by atoms with van der Waals surface area (Å²) in [6, 6.07) is 6.72. The van der Waals surface area contributed by atoms with Crippen molar-refractivity contribution in [1.82, 2.24) is 15.5 Å². The molecule has 2 N–H and O–H groups in total. The minimum absolute atomic E-state index is 0.0574. The molecule has 0 aromatic heterocycles. The number of guanidine groups is 1. The van der Waals surface area contributed by atoms with E-state index in [1.807, 2.05) is 0 Å². The molecular weight excluding hydrogens is 342 g/mol. The lowest BCUT2D eigenvalue weighted by Gasteiger charge is -2.41. The quantitative estimate of drug-likeness (QED) is 0.568. The standard InChI is InChI=1S/C18H28F2N4O2/c1-18(2,24-8-10-25-11-9-24)13-23-17(21-3)22-12-14-6-4-5-7-15(14)26-16(19)20/h4-7,16H,8-13H2,1-3H3,(H2,21,22,23). The van der Waals surface area contributed by atoms with Gasteiger partial charge in [-0.05, 0) is 19.9 Å². The van der Waals surface area contributed by atoms with Gasteiger partial charge in [0.15, 0.2) is 5.96 Å². The zero-order valence-corrected chi connectivity index (χ0v) is 15.6. The number of nitrogens with one attached hydrogen (secondary N) is 2. The fraction of sp³-hybridized carbons (Fsp3) is 0.611. The first kappa shape index (κ1) is 20.4. The number of benzene rings is 1. The number of hydrogen-bond acceptors (Lipinski definition) is 4. The molecule has 0 radical (unpaired) electrons. The number of nitrogens with zero attached hydrogens (tertiary/aromatic N) is 2. The molecule has 0 saturated carbocycles. The van der Waals surface area contributed by atoms with Crippen LogP contribution in [-0.4, -0.2) is 62.9 Å². The van der Waals surface area contributed by atoms with Crippen LogP contribution in [0.25, 0.3) is 0 Å². The Labute approximate surface area is 153 Å². The van der Waals surface area contributed by atoms with E-state index in [0.29, 0.717) is 24.6 Å². The summed E-state index contributed by atoms with van der Waals surface area (Å²) in [5, 5.41) is 6.45. The minimum Gasteiger partial charge on any atom is -0.434 e. The van der Waals surface area contributed by atoms with Crippen LogP contribution in [0.15, 0.2) is 29.3 Å². The molecule has 26 heavy (non-hydrogen) atoms. The van der Waals surface area contributed by atoms with Crippen LogP contribution >= 0.6 is 0 Å². The van der Waals surface area contributed by atoms with E-state index in [9.17, 15) is 8.78 Å². The maximum Gasteiger partial charge on any atom is 0.387 e. The average Bonchev–Trinajstić information content (AvgIpc) is 2.63. The van der Waals surface area contributed by atoms with Gasteiger partial charge in [-0.3, -0.25) is 9.89 Å². The number of rotatable bonds is 7. The van der Waals surface area contributed by atoms with Crippen LogP contribution in [0.4, 0.5) is 8.78 Å². The molecule has 0 atom stereocenters. The first-order chi connectivity index (χ1) is 12.4. The average molecular weight is 370 g/mol. The van der Waals surface area contributed by atoms with Crippen LogP contribution in [0.1, 0.15) is 19.4 Å². The van der Waals surface area contributed by atoms with Crippen molar-refractivity contribution in [3.63, 3.8) is 0 Å². The van der Waals surface area contributed by atoms with Gasteiger partial charge in [0.25, 0.3) is 0 Å². The van der Waals surface area contributed by atoms with Gasteiger partial charge in [-0.15, -0.1) is 0 Å². The SMILES string of the molecule is CN=C(NCc1ccccc1OC(F)F)NCC(C)(C)N1CCOCC1. The maximum absolute atomic E-state index is 12.5. The van der Waals surface area contributed by atoms with Crippen molar-refractivity contribution in [2.45, 2.75) is 32.5 Å². The molecule has 1 aliphatic rings. The summed E-state index contributed by atoms with van der Waals surface area (Å²) in [6.07, 6.45) is 0. The van der Waals surface area contributed by atoms with Crippen molar-refractivity contribution >= 4 is 5.96 Å². The van der Waals surface area contributed by atoms with Gasteiger partial charge in [0, 0.05) is 44.3 Å². The molecule has 1 aromatic rings. The third kappa shape index (κ3) is 6.10. The van der Waals surface area contributed by atoms with Crippen LogP contribution in [0, 0.1) is 0 Å². The molecule has 1 aliphatic heterocycles. The van der Waals surface area contributed by atoms with Gasteiger partial charge >= 0.3 is 6.61 Å². The zero-order chi connectivity index (χ0) is 19.0. The van der Waals surface area contributed by atoms with Crippen LogP contribution in [0.2, 0.25) is 0 Å². The highest BCUT2D eigenvalue weighted by Gasteiger charge is 2.28. The zero-order valence-electron chi connectivity index (χ0n) is 15.6. The van der Waals surface area contributed by atoms with Crippen molar-refractivity contribution < 1.29 is 18.3 Å². The third-order valence-corrected chi connectivity index (χ3v) is 4.41. The second-order valence-electron chi connectivity index (χ2n) is 6.68. The number of para-hydroxylation sites is 1. The van der Waals surface area contributed by atoms with Gasteiger partial charge in [-0.1, -0.05) is 18.2 Å². The molecular formula is C18H28F2N4O2. The molecule has 1 heterocycles. The van der Waals surface area contributed by atoms with Crippen molar-refractivity contribution in [2.24, 2.45) is 4.99 Å². The van der Waals surface area contributed by atoms with Crippen molar-refractivity contribution in [1.29, 1.82) is 0 Å². The largest absolute Gasteiger partial charge is 0.434 e. The first-order valence-electron chi connectivity index (χ1n) is 8.72. The number of hydrogen-bond donors (Lipinski definition) is 2. The Balaban J connectivity index is 1.88. The minimum atomic E-state index is -2.84. The Morgan fingerprint density at radius 3 is 2.62 bits per heavy atom. The Hall–Kier alpha value is -1.93. The first-order valence-corrected chi connectivity index (χ1v) is 8.72. The van der Waals surface area contributed by atoms with Gasteiger partial charge < -0.3 is 20.1 Å². The van der Waals surface area contributed by atoms with E-state index in [2.05, 4.69) is 39.1 Å². The number of alkyl halides is 2. The van der Waals surface area contributed by atoms with Gasteiger partial charge in [-0.25, -0.2) is 0 Å². The summed E-state index contributed by atoms with van der Waals surface area (Å²) in [5.41, 5.74) is 0.584. The summed E-state index contributed by atoms with van der Waals surface area (Å²) in [6.45, 7) is 5.83. The van der Waals surface area contributed by atoms with E-state index in [1.54, 1.807) is 25.2 Å². The van der Waals surface area contributed by atoms with Crippen LogP contribution in [0.3, 0.4) is 0 Å². The summed E-state index contributed by atoms with van der Waals surface area (Å²) >= 11 is 0. The molecule has 0 spiro atoms. The molecule has 146 valence electrons. The van der Waals surface area contributed by atoms with E-state index in [1.165, 1.54) is 6.07 Å². The topological polar surface area (TPSA) is 58.1 Å². The Morgan fingerprint density at radius 1 is 1.27 bits per heavy atom. The van der Waals surface area contributed by atoms with Gasteiger partial charge in [0.05, 0.1) is 13.2 Å². The Morgan fingerprint density at radius 2 is 1.96 bits per heavy atom. The third-order valence-electron chi connectivity index (χ3n) is 4.41. The summed E-state index contributed by atoms with van der Waals surface area (Å²) < 4.78 is 35.0. The normalized spacial score (nSPS) is 16.6. The number of ether oxygens (including phenoxy) is 2. The van der Waals surface area contributed by atoms with Crippen LogP contribution < -0.4 is 15.4 Å². The predicted octanol–water partition coefficient (Wildman–Crippen LogP) is 2.06. The monoisotopic (exact) mass is 370 g/mol. The summed E-state index contributed by atoms with van der Waals surface area (Å²) in [5.74, 6) is 0.775. The smallest absolute Gasteiger partial charge is 0.387 e. The molecule has 1 fully saturated rings. The van der Waals surface area contributed by atoms with Gasteiger partial charge in [0.2, 0.25) is 0 Å². The highest BCUT2D eigenvalue weighted by molar-refractivity contribution is 5.79. The number of morpholine rings is 1. The van der Waals surface area contributed by atoms with E-state index in [4.69, 9.17) is 4.74 Å². The van der Waals surface area contributed by atoms with Crippen LogP contribution in [-0.2, 0) is 11.3 Å². The molecule has 8 heteroatoms. The number of aliphatic imine (C=N–C) groups is 1. The summed E-state index contributed by atoms with van der Waals surface area (Å²) in [7, 11) is 1.68. The van der Waals surface area contributed by atoms with Crippen molar-refractivity contribution in [3.05, 3.63) is 29.8 Å². The van der Waals surface area contributed by atoms with Crippen molar-refractivity contribution in [2.75, 3.05) is 39.9 Å². The second kappa shape index (κ2) is 9.68. The fourth-order valence-electron chi connectivity index (χ4n) is 2.84. The lowest BCUT2D eigenvalue weighted by atomic mass is 10.0. The van der Waals surface area contributed by atoms with Gasteiger partial charge in [0.1, 0.15) is 5.75 Å². The highest BCUT2D eigenvalue weighted by atomic mass is 19.3. The molecule has 2 rings (SSSR count). The van der Waals surface area contributed by atoms with Crippen molar-refractivity contribution in [3.8, 4) is 5.75 Å². The highest BCUT2D eigenvalue weighted by Crippen LogP contribution is 2.20. The lowest BCUT2D eigenvalue weighted by molar-refractivity contribution is -0.0504. The summed E-state index contributed by atoms with van der Waals surface area (Å²) in [4.78, 5) is 6.58. The molecule has 0 amide bonds. The Kier molecular flexibility index (Phi) is 7.59. The second-order valence-corrected chi connectivity index (χ2v) is 6.68. The molecule has 6 nitrogen and oxygen atoms in total. The van der Waals surface area contributed by atoms with E-state index in [-0.39, 0.29) is 11.3 Å². The maximum atomic E-state index is 12.5. The predicted molar refractivity (Wildman–Crippen MR) is 97.7 cm³/mol. The molecule has 1 saturated heterocycles. The molecule has 1 aromatic carbocycles. The molecule has 0 bridgehead atoms. The molecule has 0 aliphatic carbocycles. The van der Waals surface area contributed by atoms with E-state index < -0.39 is 6.61 Å². The Bertz CT molecular complexity index is 590. The van der Waals surface area contributed by atoms with E-state index in [0.717, 1.165) is 26.3 Å². The number of halogens is 2. The van der Waals surface area contributed by atoms with Crippen LogP contribution in [0.5, 0.6) is 5.75 Å². The van der Waals surface area contributed by atoms with Gasteiger partial charge in [-0.2, -0.15) is 8.78 Å². The fourth-order valence-corrected chi connectivity index (χ4v) is 2.84. The molecule has 0 unspecified atom stereocenters.